The zero-order chi connectivity index (χ0) is 21.3. The third-order valence-corrected chi connectivity index (χ3v) is 5.41. The highest BCUT2D eigenvalue weighted by Crippen LogP contribution is 2.20. The summed E-state index contributed by atoms with van der Waals surface area (Å²) in [5.74, 6) is 1.62. The molecule has 30 heavy (non-hydrogen) atoms. The van der Waals surface area contributed by atoms with Gasteiger partial charge in [0.25, 0.3) is 0 Å². The highest BCUT2D eigenvalue weighted by atomic mass is 32.2. The molecule has 3 rings (SSSR count). The number of nitrogens with one attached hydrogen (secondary N) is 1. The second-order valence-corrected chi connectivity index (χ2v) is 7.73. The first-order chi connectivity index (χ1) is 14.6. The number of allylic oxidation sites excluding steroid dienone is 1. The summed E-state index contributed by atoms with van der Waals surface area (Å²) in [6.45, 7) is 8.76. The molecular weight excluding hydrogens is 396 g/mol. The third-order valence-electron chi connectivity index (χ3n) is 4.44. The molecule has 3 aromatic rings. The Balaban J connectivity index is 1.60. The lowest BCUT2D eigenvalue weighted by molar-refractivity contribution is -0.113. The third kappa shape index (κ3) is 5.97. The van der Waals surface area contributed by atoms with E-state index < -0.39 is 0 Å². The molecule has 2 aromatic carbocycles. The van der Waals surface area contributed by atoms with Gasteiger partial charge in [-0.2, -0.15) is 0 Å². The molecule has 1 N–H and O–H groups in total. The fourth-order valence-corrected chi connectivity index (χ4v) is 3.63. The molecule has 1 amide bonds. The Labute approximate surface area is 181 Å². The molecule has 0 aliphatic heterocycles. The molecule has 0 aliphatic carbocycles. The van der Waals surface area contributed by atoms with Crippen LogP contribution in [0, 0.1) is 6.92 Å². The van der Waals surface area contributed by atoms with Gasteiger partial charge in [0.2, 0.25) is 5.91 Å². The second kappa shape index (κ2) is 10.6. The number of hydrogen-bond acceptors (Lipinski definition) is 5. The minimum Gasteiger partial charge on any atom is -0.486 e. The van der Waals surface area contributed by atoms with E-state index in [-0.39, 0.29) is 11.7 Å². The summed E-state index contributed by atoms with van der Waals surface area (Å²) in [5, 5.41) is 12.0. The summed E-state index contributed by atoms with van der Waals surface area (Å²) in [6.07, 6.45) is 2.77. The average molecular weight is 423 g/mol. The van der Waals surface area contributed by atoms with Crippen molar-refractivity contribution in [1.29, 1.82) is 0 Å². The van der Waals surface area contributed by atoms with Gasteiger partial charge in [-0.1, -0.05) is 49.0 Å². The first kappa shape index (κ1) is 21.6. The number of amides is 1. The molecule has 0 bridgehead atoms. The maximum absolute atomic E-state index is 12.3. The number of anilines is 1. The molecule has 7 heteroatoms. The van der Waals surface area contributed by atoms with Gasteiger partial charge in [0, 0.05) is 12.2 Å². The van der Waals surface area contributed by atoms with Crippen LogP contribution in [0.15, 0.2) is 66.3 Å². The lowest BCUT2D eigenvalue weighted by Crippen LogP contribution is -2.15. The van der Waals surface area contributed by atoms with E-state index in [1.54, 1.807) is 6.08 Å². The maximum Gasteiger partial charge on any atom is 0.234 e. The van der Waals surface area contributed by atoms with Crippen LogP contribution in [0.1, 0.15) is 23.9 Å². The minimum absolute atomic E-state index is 0.0902. The predicted octanol–water partition coefficient (Wildman–Crippen LogP) is 4.64. The van der Waals surface area contributed by atoms with Crippen molar-refractivity contribution < 1.29 is 9.53 Å². The standard InChI is InChI=1S/C23H26N4O2S/c1-4-13-27-21(15-29-20-11-9-18(5-2)10-12-20)25-26-23(27)30-16-22(28)24-19-8-6-7-17(3)14-19/h4,6-12,14H,1,5,13,15-16H2,2-3H3,(H,24,28). The number of carbonyl (C=O) groups is 1. The first-order valence-corrected chi connectivity index (χ1v) is 10.8. The molecule has 0 aliphatic rings. The van der Waals surface area contributed by atoms with Crippen molar-refractivity contribution in [3.63, 3.8) is 0 Å². The molecule has 156 valence electrons. The summed E-state index contributed by atoms with van der Waals surface area (Å²) in [7, 11) is 0. The molecule has 0 unspecified atom stereocenters. The fraction of sp³-hybridized carbons (Fsp3) is 0.261. The van der Waals surface area contributed by atoms with Gasteiger partial charge < -0.3 is 10.1 Å². The number of rotatable bonds is 10. The molecule has 0 radical (unpaired) electrons. The summed E-state index contributed by atoms with van der Waals surface area (Å²) in [6, 6.07) is 15.7. The molecule has 0 atom stereocenters. The summed E-state index contributed by atoms with van der Waals surface area (Å²) in [4.78, 5) is 12.3. The Morgan fingerprint density at radius 1 is 1.23 bits per heavy atom. The lowest BCUT2D eigenvalue weighted by Gasteiger charge is -2.10. The lowest BCUT2D eigenvalue weighted by atomic mass is 10.2. The molecule has 6 nitrogen and oxygen atoms in total. The van der Waals surface area contributed by atoms with Gasteiger partial charge in [0.1, 0.15) is 12.4 Å². The van der Waals surface area contributed by atoms with Crippen molar-refractivity contribution in [1.82, 2.24) is 14.8 Å². The van der Waals surface area contributed by atoms with Gasteiger partial charge in [-0.15, -0.1) is 16.8 Å². The van der Waals surface area contributed by atoms with E-state index in [9.17, 15) is 4.79 Å². The quantitative estimate of drug-likeness (QED) is 0.381. The van der Waals surface area contributed by atoms with Crippen molar-refractivity contribution in [2.24, 2.45) is 0 Å². The van der Waals surface area contributed by atoms with Gasteiger partial charge in [0.05, 0.1) is 5.75 Å². The highest BCUT2D eigenvalue weighted by Gasteiger charge is 2.14. The number of nitrogens with zero attached hydrogens (tertiary/aromatic N) is 3. The predicted molar refractivity (Wildman–Crippen MR) is 121 cm³/mol. The Morgan fingerprint density at radius 3 is 2.73 bits per heavy atom. The number of benzene rings is 2. The monoisotopic (exact) mass is 422 g/mol. The summed E-state index contributed by atoms with van der Waals surface area (Å²) < 4.78 is 7.78. The SMILES string of the molecule is C=CCn1c(COc2ccc(CC)cc2)nnc1SCC(=O)Nc1cccc(C)c1. The van der Waals surface area contributed by atoms with Crippen LogP contribution in [-0.4, -0.2) is 26.4 Å². The topological polar surface area (TPSA) is 69.0 Å². The Hall–Kier alpha value is -3.06. The fourth-order valence-electron chi connectivity index (χ4n) is 2.86. The number of aryl methyl sites for hydroxylation is 2. The zero-order valence-electron chi connectivity index (χ0n) is 17.3. The zero-order valence-corrected chi connectivity index (χ0v) is 18.1. The molecule has 0 saturated carbocycles. The Bertz CT molecular complexity index is 999. The van der Waals surface area contributed by atoms with Gasteiger partial charge in [-0.3, -0.25) is 9.36 Å². The Morgan fingerprint density at radius 2 is 2.03 bits per heavy atom. The molecule has 1 aromatic heterocycles. The van der Waals surface area contributed by atoms with E-state index in [1.807, 2.05) is 47.9 Å². The number of thioether (sulfide) groups is 1. The van der Waals surface area contributed by atoms with E-state index in [1.165, 1.54) is 17.3 Å². The van der Waals surface area contributed by atoms with Gasteiger partial charge in [-0.25, -0.2) is 0 Å². The van der Waals surface area contributed by atoms with Gasteiger partial charge >= 0.3 is 0 Å². The van der Waals surface area contributed by atoms with E-state index in [4.69, 9.17) is 4.74 Å². The molecule has 0 spiro atoms. The van der Waals surface area contributed by atoms with E-state index >= 15 is 0 Å². The second-order valence-electron chi connectivity index (χ2n) is 6.79. The highest BCUT2D eigenvalue weighted by molar-refractivity contribution is 7.99. The number of hydrogen-bond donors (Lipinski definition) is 1. The van der Waals surface area contributed by atoms with Crippen molar-refractivity contribution in [3.8, 4) is 5.75 Å². The van der Waals surface area contributed by atoms with E-state index in [2.05, 4.69) is 41.1 Å². The summed E-state index contributed by atoms with van der Waals surface area (Å²) >= 11 is 1.34. The first-order valence-electron chi connectivity index (χ1n) is 9.83. The van der Waals surface area contributed by atoms with Crippen LogP contribution >= 0.6 is 11.8 Å². The van der Waals surface area contributed by atoms with Crippen LogP contribution in [0.3, 0.4) is 0 Å². The van der Waals surface area contributed by atoms with Gasteiger partial charge in [0.15, 0.2) is 11.0 Å². The van der Waals surface area contributed by atoms with Gasteiger partial charge in [-0.05, 0) is 48.7 Å². The van der Waals surface area contributed by atoms with Crippen molar-refractivity contribution >= 4 is 23.4 Å². The largest absolute Gasteiger partial charge is 0.486 e. The van der Waals surface area contributed by atoms with Crippen molar-refractivity contribution in [2.45, 2.75) is 38.6 Å². The molecular formula is C23H26N4O2S. The maximum atomic E-state index is 12.3. The summed E-state index contributed by atoms with van der Waals surface area (Å²) in [5.41, 5.74) is 3.15. The van der Waals surface area contributed by atoms with E-state index in [0.29, 0.717) is 24.1 Å². The van der Waals surface area contributed by atoms with Crippen LogP contribution < -0.4 is 10.1 Å². The number of ether oxygens (including phenoxy) is 1. The van der Waals surface area contributed by atoms with Crippen LogP contribution in [0.4, 0.5) is 5.69 Å². The van der Waals surface area contributed by atoms with Crippen molar-refractivity contribution in [2.75, 3.05) is 11.1 Å². The van der Waals surface area contributed by atoms with Crippen LogP contribution in [-0.2, 0) is 24.4 Å². The van der Waals surface area contributed by atoms with Crippen LogP contribution in [0.2, 0.25) is 0 Å². The minimum atomic E-state index is -0.0902. The van der Waals surface area contributed by atoms with Crippen LogP contribution in [0.5, 0.6) is 5.75 Å². The number of carbonyl (C=O) groups excluding carboxylic acids is 1. The average Bonchev–Trinajstić information content (AvgIpc) is 3.13. The molecule has 0 fully saturated rings. The smallest absolute Gasteiger partial charge is 0.234 e. The molecule has 1 heterocycles. The van der Waals surface area contributed by atoms with Crippen LogP contribution in [0.25, 0.3) is 0 Å². The normalized spacial score (nSPS) is 10.6. The van der Waals surface area contributed by atoms with E-state index in [0.717, 1.165) is 23.4 Å². The number of aromatic nitrogens is 3. The van der Waals surface area contributed by atoms with Crippen molar-refractivity contribution in [3.05, 3.63) is 78.1 Å². The molecule has 0 saturated heterocycles. The Kier molecular flexibility index (Phi) is 7.68.